The molecule has 1 aliphatic heterocycles. The van der Waals surface area contributed by atoms with Gasteiger partial charge in [-0.15, -0.1) is 5.10 Å². The van der Waals surface area contributed by atoms with E-state index in [-0.39, 0.29) is 24.8 Å². The number of nitrogens with one attached hydrogen (secondary N) is 2. The molecule has 6 rings (SSSR count). The lowest BCUT2D eigenvalue weighted by atomic mass is 9.99. The van der Waals surface area contributed by atoms with Crippen molar-refractivity contribution in [3.8, 4) is 16.8 Å². The molecule has 11 heteroatoms. The maximum absolute atomic E-state index is 11.8. The van der Waals surface area contributed by atoms with Crippen molar-refractivity contribution in [1.82, 2.24) is 30.8 Å². The quantitative estimate of drug-likeness (QED) is 0.151. The minimum Gasteiger partial charge on any atom is -0.392 e. The van der Waals surface area contributed by atoms with Crippen molar-refractivity contribution < 1.29 is 19.4 Å². The van der Waals surface area contributed by atoms with E-state index in [0.29, 0.717) is 30.4 Å². The fourth-order valence-corrected chi connectivity index (χ4v) is 6.20. The molecular weight excluding hydrogens is 600 g/mol. The SMILES string of the molecule is CCNC(=O)NCc1cccc(-c2ccc(C3OC(CSc4nnnn4-c4ccccc4)CC(c4ccc(CO)cc4)O3)cc2)c1. The zero-order chi connectivity index (χ0) is 31.7. The summed E-state index contributed by atoms with van der Waals surface area (Å²) in [4.78, 5) is 11.8. The molecule has 1 fully saturated rings. The summed E-state index contributed by atoms with van der Waals surface area (Å²) in [5.41, 5.74) is 6.82. The predicted molar refractivity (Wildman–Crippen MR) is 176 cm³/mol. The number of para-hydroxylation sites is 1. The Kier molecular flexibility index (Phi) is 10.4. The lowest BCUT2D eigenvalue weighted by Crippen LogP contribution is -2.34. The van der Waals surface area contributed by atoms with E-state index in [1.807, 2.05) is 85.8 Å². The molecule has 3 unspecified atom stereocenters. The molecule has 1 aromatic heterocycles. The highest BCUT2D eigenvalue weighted by Crippen LogP contribution is 2.40. The summed E-state index contributed by atoms with van der Waals surface area (Å²) < 4.78 is 14.8. The average Bonchev–Trinajstić information content (AvgIpc) is 3.59. The highest BCUT2D eigenvalue weighted by atomic mass is 32.2. The van der Waals surface area contributed by atoms with E-state index < -0.39 is 6.29 Å². The van der Waals surface area contributed by atoms with Crippen LogP contribution in [0.3, 0.4) is 0 Å². The van der Waals surface area contributed by atoms with Gasteiger partial charge in [-0.25, -0.2) is 4.79 Å². The first-order valence-corrected chi connectivity index (χ1v) is 16.3. The first-order chi connectivity index (χ1) is 22.6. The van der Waals surface area contributed by atoms with Gasteiger partial charge in [0.1, 0.15) is 0 Å². The van der Waals surface area contributed by atoms with Crippen molar-refractivity contribution in [3.05, 3.63) is 125 Å². The highest BCUT2D eigenvalue weighted by Gasteiger charge is 2.32. The van der Waals surface area contributed by atoms with Crippen LogP contribution in [0, 0.1) is 0 Å². The lowest BCUT2D eigenvalue weighted by molar-refractivity contribution is -0.245. The number of rotatable bonds is 11. The second-order valence-electron chi connectivity index (χ2n) is 10.9. The average molecular weight is 637 g/mol. The summed E-state index contributed by atoms with van der Waals surface area (Å²) in [7, 11) is 0. The third kappa shape index (κ3) is 7.80. The van der Waals surface area contributed by atoms with Crippen LogP contribution in [0.15, 0.2) is 108 Å². The Morgan fingerprint density at radius 3 is 2.43 bits per heavy atom. The third-order valence-corrected chi connectivity index (χ3v) is 8.74. The molecule has 2 amide bonds. The number of urea groups is 1. The maximum Gasteiger partial charge on any atom is 0.315 e. The number of carbonyl (C=O) groups is 1. The molecular formula is C35H36N6O4S. The Hall–Kier alpha value is -4.55. The first-order valence-electron chi connectivity index (χ1n) is 15.3. The summed E-state index contributed by atoms with van der Waals surface area (Å²) in [6.45, 7) is 2.91. The molecule has 1 saturated heterocycles. The summed E-state index contributed by atoms with van der Waals surface area (Å²) >= 11 is 1.55. The number of benzene rings is 4. The Bertz CT molecular complexity index is 1720. The van der Waals surface area contributed by atoms with E-state index in [1.54, 1.807) is 16.4 Å². The molecule has 236 valence electrons. The van der Waals surface area contributed by atoms with E-state index in [2.05, 4.69) is 50.4 Å². The number of thioether (sulfide) groups is 1. The Balaban J connectivity index is 1.18. The molecule has 5 aromatic rings. The van der Waals surface area contributed by atoms with Gasteiger partial charge >= 0.3 is 6.03 Å². The van der Waals surface area contributed by atoms with Crippen LogP contribution in [-0.4, -0.2) is 49.7 Å². The largest absolute Gasteiger partial charge is 0.392 e. The number of hydrogen-bond acceptors (Lipinski definition) is 8. The highest BCUT2D eigenvalue weighted by molar-refractivity contribution is 7.99. The molecule has 0 bridgehead atoms. The van der Waals surface area contributed by atoms with Crippen molar-refractivity contribution in [3.63, 3.8) is 0 Å². The van der Waals surface area contributed by atoms with Crippen LogP contribution < -0.4 is 10.6 Å². The van der Waals surface area contributed by atoms with Gasteiger partial charge in [0.05, 0.1) is 24.5 Å². The van der Waals surface area contributed by atoms with E-state index in [9.17, 15) is 9.90 Å². The number of ether oxygens (including phenoxy) is 2. The molecule has 46 heavy (non-hydrogen) atoms. The van der Waals surface area contributed by atoms with Crippen molar-refractivity contribution >= 4 is 17.8 Å². The van der Waals surface area contributed by atoms with E-state index in [0.717, 1.165) is 39.1 Å². The zero-order valence-electron chi connectivity index (χ0n) is 25.5. The maximum atomic E-state index is 11.8. The number of aromatic nitrogens is 4. The Morgan fingerprint density at radius 1 is 0.891 bits per heavy atom. The topological polar surface area (TPSA) is 123 Å². The van der Waals surface area contributed by atoms with Gasteiger partial charge in [0, 0.05) is 30.8 Å². The number of amides is 2. The van der Waals surface area contributed by atoms with Gasteiger partial charge < -0.3 is 25.2 Å². The number of aliphatic hydroxyl groups excluding tert-OH is 1. The summed E-state index contributed by atoms with van der Waals surface area (Å²) in [5, 5.41) is 28.2. The number of tetrazole rings is 1. The Morgan fingerprint density at radius 2 is 1.67 bits per heavy atom. The summed E-state index contributed by atoms with van der Waals surface area (Å²) in [6.07, 6.45) is -0.255. The van der Waals surface area contributed by atoms with Gasteiger partial charge in [0.15, 0.2) is 6.29 Å². The van der Waals surface area contributed by atoms with E-state index in [4.69, 9.17) is 9.47 Å². The van der Waals surface area contributed by atoms with Crippen molar-refractivity contribution in [1.29, 1.82) is 0 Å². The van der Waals surface area contributed by atoms with Crippen LogP contribution in [0.4, 0.5) is 4.79 Å². The van der Waals surface area contributed by atoms with E-state index >= 15 is 0 Å². The molecule has 2 heterocycles. The van der Waals surface area contributed by atoms with Crippen molar-refractivity contribution in [2.24, 2.45) is 0 Å². The number of hydrogen-bond donors (Lipinski definition) is 3. The smallest absolute Gasteiger partial charge is 0.315 e. The second-order valence-corrected chi connectivity index (χ2v) is 11.9. The second kappa shape index (κ2) is 15.2. The van der Waals surface area contributed by atoms with Crippen LogP contribution >= 0.6 is 11.8 Å². The molecule has 0 spiro atoms. The molecule has 10 nitrogen and oxygen atoms in total. The fraction of sp³-hybridized carbons (Fsp3) is 0.257. The van der Waals surface area contributed by atoms with Crippen LogP contribution in [0.2, 0.25) is 0 Å². The van der Waals surface area contributed by atoms with Gasteiger partial charge in [-0.1, -0.05) is 96.7 Å². The van der Waals surface area contributed by atoms with Crippen LogP contribution in [-0.2, 0) is 22.6 Å². The molecule has 3 N–H and O–H groups in total. The molecule has 1 aliphatic rings. The zero-order valence-corrected chi connectivity index (χ0v) is 26.3. The van der Waals surface area contributed by atoms with Gasteiger partial charge in [-0.05, 0) is 63.4 Å². The van der Waals surface area contributed by atoms with E-state index in [1.165, 1.54) is 0 Å². The molecule has 4 aromatic carbocycles. The molecule has 0 aliphatic carbocycles. The predicted octanol–water partition coefficient (Wildman–Crippen LogP) is 5.98. The minimum absolute atomic E-state index is 0.00705. The van der Waals surface area contributed by atoms with Gasteiger partial charge in [0.2, 0.25) is 5.16 Å². The van der Waals surface area contributed by atoms with Crippen LogP contribution in [0.1, 0.15) is 48.0 Å². The molecule has 0 radical (unpaired) electrons. The van der Waals surface area contributed by atoms with Crippen LogP contribution in [0.25, 0.3) is 16.8 Å². The fourth-order valence-electron chi connectivity index (χ4n) is 5.29. The van der Waals surface area contributed by atoms with Crippen molar-refractivity contribution in [2.75, 3.05) is 12.3 Å². The summed E-state index contributed by atoms with van der Waals surface area (Å²) in [5.74, 6) is 0.632. The molecule has 3 atom stereocenters. The summed E-state index contributed by atoms with van der Waals surface area (Å²) in [6, 6.07) is 33.8. The number of aliphatic hydroxyl groups is 1. The van der Waals surface area contributed by atoms with Crippen LogP contribution in [0.5, 0.6) is 0 Å². The van der Waals surface area contributed by atoms with Gasteiger partial charge in [-0.2, -0.15) is 4.68 Å². The molecule has 0 saturated carbocycles. The Labute approximate surface area is 272 Å². The first kappa shape index (κ1) is 31.4. The van der Waals surface area contributed by atoms with Gasteiger partial charge in [0.25, 0.3) is 0 Å². The number of nitrogens with zero attached hydrogens (tertiary/aromatic N) is 4. The number of carbonyl (C=O) groups excluding carboxylic acids is 1. The normalized spacial score (nSPS) is 17.8. The van der Waals surface area contributed by atoms with Gasteiger partial charge in [-0.3, -0.25) is 0 Å². The monoisotopic (exact) mass is 636 g/mol. The third-order valence-electron chi connectivity index (χ3n) is 7.69. The lowest BCUT2D eigenvalue weighted by Gasteiger charge is -2.36. The standard InChI is InChI=1S/C35H36N6O4S/c1-2-36-34(43)37-21-25-7-6-8-29(19-25)26-15-17-28(18-16-26)33-44-31(20-32(45-33)27-13-11-24(22-42)12-14-27)23-46-35-38-39-40-41(35)30-9-4-3-5-10-30/h3-19,31-33,42H,2,20-23H2,1H3,(H2,36,37,43). The minimum atomic E-state index is -0.575. The van der Waals surface area contributed by atoms with Crippen molar-refractivity contribution in [2.45, 2.75) is 50.2 Å².